The molecule has 2 aliphatic rings. The molecular weight excluding hydrogens is 340 g/mol. The van der Waals surface area contributed by atoms with Gasteiger partial charge in [-0.05, 0) is 23.8 Å². The van der Waals surface area contributed by atoms with Crippen LogP contribution in [0.1, 0.15) is 32.3 Å². The van der Waals surface area contributed by atoms with E-state index >= 15 is 0 Å². The second-order valence-electron chi connectivity index (χ2n) is 7.71. The Kier molecular flexibility index (Phi) is 5.89. The summed E-state index contributed by atoms with van der Waals surface area (Å²) in [7, 11) is 0. The van der Waals surface area contributed by atoms with E-state index in [0.29, 0.717) is 12.3 Å². The summed E-state index contributed by atoms with van der Waals surface area (Å²) in [4.78, 5) is 38.9. The summed E-state index contributed by atoms with van der Waals surface area (Å²) in [5.41, 5.74) is 0.822. The van der Waals surface area contributed by atoms with Crippen molar-refractivity contribution in [3.63, 3.8) is 0 Å². The topological polar surface area (TPSA) is 66.5 Å². The molecule has 27 heavy (non-hydrogen) atoms. The zero-order valence-electron chi connectivity index (χ0n) is 15.8. The lowest BCUT2D eigenvalue weighted by Gasteiger charge is -2.43. The minimum Gasteiger partial charge on any atom is -0.277 e. The number of hydrogen-bond donors (Lipinski definition) is 1. The fourth-order valence-corrected chi connectivity index (χ4v) is 4.03. The first-order valence-corrected chi connectivity index (χ1v) is 9.50. The number of carbonyl (C=O) groups is 3. The molecule has 0 spiro atoms. The number of carbonyl (C=O) groups excluding carboxylic acids is 3. The van der Waals surface area contributed by atoms with Gasteiger partial charge in [0.2, 0.25) is 11.8 Å². The lowest BCUT2D eigenvalue weighted by atomic mass is 9.74. The summed E-state index contributed by atoms with van der Waals surface area (Å²) in [5.74, 6) is 0.176. The van der Waals surface area contributed by atoms with Crippen LogP contribution < -0.4 is 5.32 Å². The average Bonchev–Trinajstić information content (AvgIpc) is 2.62. The molecule has 142 valence electrons. The Balaban J connectivity index is 1.70. The Morgan fingerprint density at radius 3 is 2.56 bits per heavy atom. The van der Waals surface area contributed by atoms with Crippen molar-refractivity contribution in [2.75, 3.05) is 0 Å². The largest absolute Gasteiger partial charge is 0.331 e. The van der Waals surface area contributed by atoms with Gasteiger partial charge in [0.15, 0.2) is 0 Å². The van der Waals surface area contributed by atoms with E-state index in [1.807, 2.05) is 48.6 Å². The molecule has 3 rings (SSSR count). The van der Waals surface area contributed by atoms with Crippen LogP contribution in [-0.2, 0) is 16.0 Å². The van der Waals surface area contributed by atoms with Crippen molar-refractivity contribution in [3.05, 3.63) is 60.2 Å². The average molecular weight is 366 g/mol. The predicted molar refractivity (Wildman–Crippen MR) is 104 cm³/mol. The number of nitrogens with one attached hydrogen (secondary N) is 1. The molecular formula is C22H26N2O3. The van der Waals surface area contributed by atoms with Crippen LogP contribution in [-0.4, -0.2) is 28.8 Å². The lowest BCUT2D eigenvalue weighted by Crippen LogP contribution is -2.57. The van der Waals surface area contributed by atoms with Crippen molar-refractivity contribution in [1.82, 2.24) is 10.2 Å². The van der Waals surface area contributed by atoms with Gasteiger partial charge in [0.1, 0.15) is 0 Å². The van der Waals surface area contributed by atoms with Gasteiger partial charge < -0.3 is 0 Å². The van der Waals surface area contributed by atoms with Gasteiger partial charge in [-0.3, -0.25) is 19.8 Å². The maximum atomic E-state index is 12.7. The molecule has 5 heteroatoms. The number of piperidine rings is 1. The van der Waals surface area contributed by atoms with Gasteiger partial charge in [-0.15, -0.1) is 0 Å². The molecule has 5 nitrogen and oxygen atoms in total. The van der Waals surface area contributed by atoms with Crippen LogP contribution in [0.4, 0.5) is 4.79 Å². The highest BCUT2D eigenvalue weighted by atomic mass is 16.2. The van der Waals surface area contributed by atoms with Crippen LogP contribution in [0.2, 0.25) is 0 Å². The third-order valence-corrected chi connectivity index (χ3v) is 5.14. The molecule has 0 bridgehead atoms. The van der Waals surface area contributed by atoms with Crippen molar-refractivity contribution < 1.29 is 14.4 Å². The van der Waals surface area contributed by atoms with Crippen molar-refractivity contribution >= 4 is 17.8 Å². The summed E-state index contributed by atoms with van der Waals surface area (Å²) in [5, 5.41) is 2.39. The Labute approximate surface area is 160 Å². The molecule has 0 aromatic heterocycles. The SMILES string of the molecule is CC(C)CC1CC(=O)N(C(=O)NC(=O)Cc2ccccc2)C2C=CC=CC12. The lowest BCUT2D eigenvalue weighted by molar-refractivity contribution is -0.135. The number of benzene rings is 1. The highest BCUT2D eigenvalue weighted by Crippen LogP contribution is 2.37. The normalized spacial score (nSPS) is 24.0. The maximum absolute atomic E-state index is 12.7. The summed E-state index contributed by atoms with van der Waals surface area (Å²) in [6, 6.07) is 8.27. The van der Waals surface area contributed by atoms with Crippen molar-refractivity contribution in [3.8, 4) is 0 Å². The Morgan fingerprint density at radius 2 is 1.85 bits per heavy atom. The van der Waals surface area contributed by atoms with Crippen LogP contribution in [0, 0.1) is 17.8 Å². The van der Waals surface area contributed by atoms with Gasteiger partial charge in [-0.2, -0.15) is 0 Å². The molecule has 1 heterocycles. The number of likely N-dealkylation sites (tertiary alicyclic amines) is 1. The van der Waals surface area contributed by atoms with E-state index < -0.39 is 11.9 Å². The van der Waals surface area contributed by atoms with E-state index in [0.717, 1.165) is 12.0 Å². The number of urea groups is 1. The summed E-state index contributed by atoms with van der Waals surface area (Å²) >= 11 is 0. The van der Waals surface area contributed by atoms with E-state index in [2.05, 4.69) is 25.2 Å². The molecule has 1 saturated heterocycles. The molecule has 1 aromatic rings. The molecule has 3 atom stereocenters. The summed E-state index contributed by atoms with van der Waals surface area (Å²) in [6.45, 7) is 4.28. The van der Waals surface area contributed by atoms with Crippen LogP contribution in [0.5, 0.6) is 0 Å². The molecule has 3 unspecified atom stereocenters. The quantitative estimate of drug-likeness (QED) is 0.887. The first-order valence-electron chi connectivity index (χ1n) is 9.50. The van der Waals surface area contributed by atoms with E-state index in [4.69, 9.17) is 0 Å². The summed E-state index contributed by atoms with van der Waals surface area (Å²) < 4.78 is 0. The molecule has 0 saturated carbocycles. The highest BCUT2D eigenvalue weighted by Gasteiger charge is 2.43. The van der Waals surface area contributed by atoms with Gasteiger partial charge in [-0.25, -0.2) is 4.79 Å². The van der Waals surface area contributed by atoms with Gasteiger partial charge in [-0.1, -0.05) is 68.5 Å². The number of rotatable bonds is 4. The van der Waals surface area contributed by atoms with Crippen LogP contribution in [0.25, 0.3) is 0 Å². The Hall–Kier alpha value is -2.69. The highest BCUT2D eigenvalue weighted by molar-refractivity contribution is 6.03. The monoisotopic (exact) mass is 366 g/mol. The molecule has 0 radical (unpaired) electrons. The predicted octanol–water partition coefficient (Wildman–Crippen LogP) is 3.47. The summed E-state index contributed by atoms with van der Waals surface area (Å²) in [6.07, 6.45) is 9.17. The Bertz CT molecular complexity index is 767. The third kappa shape index (κ3) is 4.54. The fraction of sp³-hybridized carbons (Fsp3) is 0.409. The van der Waals surface area contributed by atoms with Crippen LogP contribution >= 0.6 is 0 Å². The second kappa shape index (κ2) is 8.33. The first-order chi connectivity index (χ1) is 13.0. The van der Waals surface area contributed by atoms with E-state index in [1.54, 1.807) is 0 Å². The number of hydrogen-bond acceptors (Lipinski definition) is 3. The Morgan fingerprint density at radius 1 is 1.15 bits per heavy atom. The van der Waals surface area contributed by atoms with Gasteiger partial charge in [0.05, 0.1) is 12.5 Å². The number of allylic oxidation sites excluding steroid dienone is 2. The molecule has 4 amide bonds. The maximum Gasteiger partial charge on any atom is 0.331 e. The molecule has 1 fully saturated rings. The van der Waals surface area contributed by atoms with Crippen LogP contribution in [0.3, 0.4) is 0 Å². The van der Waals surface area contributed by atoms with E-state index in [-0.39, 0.29) is 30.2 Å². The number of amides is 4. The molecule has 1 aliphatic carbocycles. The second-order valence-corrected chi connectivity index (χ2v) is 7.71. The zero-order chi connectivity index (χ0) is 19.4. The molecule has 1 aliphatic heterocycles. The van der Waals surface area contributed by atoms with Crippen molar-refractivity contribution in [2.24, 2.45) is 17.8 Å². The number of fused-ring (bicyclic) bond motifs is 1. The van der Waals surface area contributed by atoms with Gasteiger partial charge in [0, 0.05) is 12.3 Å². The first kappa shape index (κ1) is 19.1. The fourth-order valence-electron chi connectivity index (χ4n) is 4.03. The molecule has 1 aromatic carbocycles. The molecule has 1 N–H and O–H groups in total. The van der Waals surface area contributed by atoms with E-state index in [9.17, 15) is 14.4 Å². The van der Waals surface area contributed by atoms with Gasteiger partial charge in [0.25, 0.3) is 0 Å². The van der Waals surface area contributed by atoms with Crippen molar-refractivity contribution in [2.45, 2.75) is 39.2 Å². The minimum absolute atomic E-state index is 0.102. The standard InChI is InChI=1S/C22H26N2O3/c1-15(2)12-17-14-21(26)24(19-11-7-6-10-18(17)19)22(27)23-20(25)13-16-8-4-3-5-9-16/h3-11,15,17-19H,12-14H2,1-2H3,(H,23,25,27). The smallest absolute Gasteiger partial charge is 0.277 e. The minimum atomic E-state index is -0.626. The van der Waals surface area contributed by atoms with E-state index in [1.165, 1.54) is 4.90 Å². The third-order valence-electron chi connectivity index (χ3n) is 5.14. The van der Waals surface area contributed by atoms with Crippen LogP contribution in [0.15, 0.2) is 54.6 Å². The number of imide groups is 2. The van der Waals surface area contributed by atoms with Crippen molar-refractivity contribution in [1.29, 1.82) is 0 Å². The van der Waals surface area contributed by atoms with Gasteiger partial charge >= 0.3 is 6.03 Å². The number of nitrogens with zero attached hydrogens (tertiary/aromatic N) is 1. The zero-order valence-corrected chi connectivity index (χ0v) is 15.8.